The van der Waals surface area contributed by atoms with E-state index in [-0.39, 0.29) is 12.5 Å². The summed E-state index contributed by atoms with van der Waals surface area (Å²) in [7, 11) is 1.68. The number of aliphatic hydroxyl groups is 1. The third-order valence-corrected chi connectivity index (χ3v) is 3.16. The van der Waals surface area contributed by atoms with Crippen molar-refractivity contribution in [3.8, 4) is 11.8 Å². The second-order valence-corrected chi connectivity index (χ2v) is 6.01. The highest BCUT2D eigenvalue weighted by Gasteiger charge is 2.15. The Labute approximate surface area is 141 Å². The molecule has 2 aromatic rings. The lowest BCUT2D eigenvalue weighted by molar-refractivity contribution is 0.0780. The fourth-order valence-corrected chi connectivity index (χ4v) is 1.96. The van der Waals surface area contributed by atoms with Gasteiger partial charge in [0, 0.05) is 24.6 Å². The van der Waals surface area contributed by atoms with Crippen LogP contribution in [0.4, 0.5) is 0 Å². The lowest BCUT2D eigenvalue weighted by Gasteiger charge is -2.15. The molecule has 1 N–H and O–H groups in total. The second kappa shape index (κ2) is 7.28. The van der Waals surface area contributed by atoms with Crippen LogP contribution in [0.3, 0.4) is 0 Å². The van der Waals surface area contributed by atoms with Gasteiger partial charge in [-0.3, -0.25) is 4.79 Å². The molecular formula is C18H21N3O3. The van der Waals surface area contributed by atoms with Gasteiger partial charge in [-0.1, -0.05) is 30.0 Å². The maximum atomic E-state index is 12.5. The van der Waals surface area contributed by atoms with Crippen LogP contribution in [0.25, 0.3) is 0 Å². The Morgan fingerprint density at radius 1 is 1.42 bits per heavy atom. The largest absolute Gasteiger partial charge is 0.378 e. The van der Waals surface area contributed by atoms with Gasteiger partial charge in [-0.2, -0.15) is 4.98 Å². The minimum atomic E-state index is -1.08. The molecule has 0 bridgehead atoms. The molecule has 0 aliphatic rings. The van der Waals surface area contributed by atoms with Crippen molar-refractivity contribution in [1.82, 2.24) is 15.0 Å². The van der Waals surface area contributed by atoms with Crippen LogP contribution in [-0.4, -0.2) is 38.7 Å². The number of rotatable bonds is 4. The number of aromatic nitrogens is 2. The Balaban J connectivity index is 2.12. The van der Waals surface area contributed by atoms with Gasteiger partial charge in [-0.05, 0) is 32.0 Å². The average molecular weight is 327 g/mol. The summed E-state index contributed by atoms with van der Waals surface area (Å²) in [5.74, 6) is 6.46. The first-order valence-corrected chi connectivity index (χ1v) is 7.71. The Kier molecular flexibility index (Phi) is 5.37. The molecule has 6 heteroatoms. The first-order chi connectivity index (χ1) is 11.3. The number of hydrogen-bond donors (Lipinski definition) is 1. The molecular weight excluding hydrogens is 306 g/mol. The molecule has 0 fully saturated rings. The SMILES string of the molecule is CCc1nc(CN(C)C(=O)c2cccc(C#CC(C)(C)O)c2)no1. The zero-order chi connectivity index (χ0) is 17.7. The molecule has 6 nitrogen and oxygen atoms in total. The summed E-state index contributed by atoms with van der Waals surface area (Å²) in [6.45, 7) is 5.41. The lowest BCUT2D eigenvalue weighted by Crippen LogP contribution is -2.26. The fourth-order valence-electron chi connectivity index (χ4n) is 1.96. The van der Waals surface area contributed by atoms with E-state index in [1.807, 2.05) is 6.92 Å². The number of aryl methyl sites for hydroxylation is 1. The quantitative estimate of drug-likeness (QED) is 0.869. The fraction of sp³-hybridized carbons (Fsp3) is 0.389. The molecule has 126 valence electrons. The van der Waals surface area contributed by atoms with Crippen molar-refractivity contribution in [2.24, 2.45) is 0 Å². The van der Waals surface area contributed by atoms with Gasteiger partial charge >= 0.3 is 0 Å². The van der Waals surface area contributed by atoms with Gasteiger partial charge in [-0.25, -0.2) is 0 Å². The summed E-state index contributed by atoms with van der Waals surface area (Å²) in [5.41, 5.74) is 0.107. The Morgan fingerprint density at radius 3 is 2.79 bits per heavy atom. The van der Waals surface area contributed by atoms with Crippen molar-refractivity contribution in [2.75, 3.05) is 7.05 Å². The van der Waals surface area contributed by atoms with Crippen LogP contribution in [0, 0.1) is 11.8 Å². The van der Waals surface area contributed by atoms with E-state index in [9.17, 15) is 9.90 Å². The predicted octanol–water partition coefficient (Wildman–Crippen LogP) is 2.03. The second-order valence-electron chi connectivity index (χ2n) is 6.01. The lowest BCUT2D eigenvalue weighted by atomic mass is 10.1. The van der Waals surface area contributed by atoms with Gasteiger partial charge in [0.1, 0.15) is 5.60 Å². The van der Waals surface area contributed by atoms with Crippen molar-refractivity contribution in [3.05, 3.63) is 47.1 Å². The normalized spacial score (nSPS) is 10.9. The molecule has 0 spiro atoms. The first kappa shape index (κ1) is 17.7. The van der Waals surface area contributed by atoms with Gasteiger partial charge in [-0.15, -0.1) is 0 Å². The summed E-state index contributed by atoms with van der Waals surface area (Å²) >= 11 is 0. The summed E-state index contributed by atoms with van der Waals surface area (Å²) < 4.78 is 5.04. The molecule has 1 aromatic carbocycles. The van der Waals surface area contributed by atoms with E-state index in [0.29, 0.717) is 29.3 Å². The van der Waals surface area contributed by atoms with Crippen molar-refractivity contribution in [3.63, 3.8) is 0 Å². The van der Waals surface area contributed by atoms with Crippen LogP contribution in [0.2, 0.25) is 0 Å². The molecule has 1 heterocycles. The highest BCUT2D eigenvalue weighted by molar-refractivity contribution is 5.94. The highest BCUT2D eigenvalue weighted by atomic mass is 16.5. The molecule has 0 radical (unpaired) electrons. The molecule has 0 saturated heterocycles. The monoisotopic (exact) mass is 327 g/mol. The Morgan fingerprint density at radius 2 is 2.17 bits per heavy atom. The Bertz CT molecular complexity index is 779. The molecule has 1 amide bonds. The van der Waals surface area contributed by atoms with E-state index in [1.54, 1.807) is 45.2 Å². The number of benzene rings is 1. The Hall–Kier alpha value is -2.65. The smallest absolute Gasteiger partial charge is 0.254 e. The predicted molar refractivity (Wildman–Crippen MR) is 89.1 cm³/mol. The third kappa shape index (κ3) is 4.93. The van der Waals surface area contributed by atoms with Gasteiger partial charge in [0.2, 0.25) is 5.89 Å². The van der Waals surface area contributed by atoms with Crippen molar-refractivity contribution < 1.29 is 14.4 Å². The van der Waals surface area contributed by atoms with Crippen LogP contribution in [0.15, 0.2) is 28.8 Å². The standard InChI is InChI=1S/C18H21N3O3/c1-5-16-19-15(20-24-16)12-21(4)17(22)14-8-6-7-13(11-14)9-10-18(2,3)23/h6-8,11,23H,5,12H2,1-4H3. The van der Waals surface area contributed by atoms with Gasteiger partial charge in [0.05, 0.1) is 6.54 Å². The van der Waals surface area contributed by atoms with E-state index in [0.717, 1.165) is 0 Å². The minimum absolute atomic E-state index is 0.162. The zero-order valence-electron chi connectivity index (χ0n) is 14.3. The summed E-state index contributed by atoms with van der Waals surface area (Å²) in [6.07, 6.45) is 0.659. The molecule has 0 unspecified atom stereocenters. The van der Waals surface area contributed by atoms with E-state index in [2.05, 4.69) is 22.0 Å². The highest BCUT2D eigenvalue weighted by Crippen LogP contribution is 2.10. The molecule has 0 aliphatic heterocycles. The van der Waals surface area contributed by atoms with E-state index < -0.39 is 5.60 Å². The molecule has 1 aromatic heterocycles. The van der Waals surface area contributed by atoms with Crippen molar-refractivity contribution in [2.45, 2.75) is 39.3 Å². The molecule has 24 heavy (non-hydrogen) atoms. The van der Waals surface area contributed by atoms with Crippen LogP contribution >= 0.6 is 0 Å². The first-order valence-electron chi connectivity index (χ1n) is 7.71. The van der Waals surface area contributed by atoms with E-state index in [1.165, 1.54) is 4.90 Å². The number of carbonyl (C=O) groups is 1. The summed E-state index contributed by atoms with van der Waals surface area (Å²) in [5, 5.41) is 13.5. The topological polar surface area (TPSA) is 79.5 Å². The van der Waals surface area contributed by atoms with E-state index >= 15 is 0 Å². The van der Waals surface area contributed by atoms with Gasteiger partial charge in [0.15, 0.2) is 5.82 Å². The maximum Gasteiger partial charge on any atom is 0.254 e. The summed E-state index contributed by atoms with van der Waals surface area (Å²) in [6, 6.07) is 6.98. The number of carbonyl (C=O) groups excluding carboxylic acids is 1. The van der Waals surface area contributed by atoms with E-state index in [4.69, 9.17) is 4.52 Å². The van der Waals surface area contributed by atoms with Crippen molar-refractivity contribution in [1.29, 1.82) is 0 Å². The minimum Gasteiger partial charge on any atom is -0.378 e. The number of amides is 1. The number of nitrogens with zero attached hydrogens (tertiary/aromatic N) is 3. The van der Waals surface area contributed by atoms with Crippen LogP contribution in [-0.2, 0) is 13.0 Å². The van der Waals surface area contributed by atoms with Crippen LogP contribution < -0.4 is 0 Å². The molecule has 0 saturated carbocycles. The van der Waals surface area contributed by atoms with Crippen LogP contribution in [0.5, 0.6) is 0 Å². The number of hydrogen-bond acceptors (Lipinski definition) is 5. The molecule has 0 aliphatic carbocycles. The van der Waals surface area contributed by atoms with Gasteiger partial charge in [0.25, 0.3) is 5.91 Å². The summed E-state index contributed by atoms with van der Waals surface area (Å²) in [4.78, 5) is 18.2. The van der Waals surface area contributed by atoms with Crippen LogP contribution in [0.1, 0.15) is 48.4 Å². The average Bonchev–Trinajstić information content (AvgIpc) is 2.99. The zero-order valence-corrected chi connectivity index (χ0v) is 14.3. The maximum absolute atomic E-state index is 12.5. The van der Waals surface area contributed by atoms with Gasteiger partial charge < -0.3 is 14.5 Å². The van der Waals surface area contributed by atoms with Crippen molar-refractivity contribution >= 4 is 5.91 Å². The molecule has 0 atom stereocenters. The third-order valence-electron chi connectivity index (χ3n) is 3.16. The molecule has 2 rings (SSSR count).